The summed E-state index contributed by atoms with van der Waals surface area (Å²) >= 11 is 0. The summed E-state index contributed by atoms with van der Waals surface area (Å²) in [5.41, 5.74) is 5.61. The Kier molecular flexibility index (Phi) is 6.31. The predicted molar refractivity (Wildman–Crippen MR) is 60.1 cm³/mol. The van der Waals surface area contributed by atoms with Crippen LogP contribution in [0.1, 0.15) is 19.8 Å². The van der Waals surface area contributed by atoms with Crippen LogP contribution >= 0.6 is 0 Å². The van der Waals surface area contributed by atoms with E-state index in [2.05, 4.69) is 6.92 Å². The molecule has 0 fully saturated rings. The van der Waals surface area contributed by atoms with Gasteiger partial charge in [0.25, 0.3) is 0 Å². The third-order valence-electron chi connectivity index (χ3n) is 2.33. The second-order valence-corrected chi connectivity index (χ2v) is 6.05. The van der Waals surface area contributed by atoms with Gasteiger partial charge in [-0.25, -0.2) is 8.42 Å². The molecular formula is C9H22N2O2S. The zero-order valence-electron chi connectivity index (χ0n) is 9.36. The van der Waals surface area contributed by atoms with Crippen LogP contribution in [0.3, 0.4) is 0 Å². The van der Waals surface area contributed by atoms with Crippen LogP contribution in [0.25, 0.3) is 0 Å². The molecule has 0 aromatic heterocycles. The topological polar surface area (TPSA) is 63.4 Å². The fraction of sp³-hybridized carbons (Fsp3) is 1.00. The molecule has 0 heterocycles. The molecule has 0 aliphatic carbocycles. The van der Waals surface area contributed by atoms with Gasteiger partial charge in [0.1, 0.15) is 9.84 Å². The maximum absolute atomic E-state index is 10.9. The first-order chi connectivity index (χ1) is 6.40. The second-order valence-electron chi connectivity index (χ2n) is 3.79. The van der Waals surface area contributed by atoms with Crippen LogP contribution < -0.4 is 5.73 Å². The van der Waals surface area contributed by atoms with Crippen molar-refractivity contribution in [2.45, 2.75) is 25.8 Å². The van der Waals surface area contributed by atoms with Gasteiger partial charge in [-0.1, -0.05) is 13.3 Å². The molecule has 1 atom stereocenters. The molecule has 0 rings (SSSR count). The van der Waals surface area contributed by atoms with Gasteiger partial charge in [-0.15, -0.1) is 0 Å². The number of hydrogen-bond acceptors (Lipinski definition) is 4. The minimum atomic E-state index is -2.86. The lowest BCUT2D eigenvalue weighted by Crippen LogP contribution is -2.40. The van der Waals surface area contributed by atoms with Gasteiger partial charge in [-0.05, 0) is 13.5 Å². The van der Waals surface area contributed by atoms with E-state index in [-0.39, 0.29) is 5.75 Å². The first-order valence-electron chi connectivity index (χ1n) is 4.98. The number of sulfone groups is 1. The third kappa shape index (κ3) is 6.34. The highest BCUT2D eigenvalue weighted by atomic mass is 32.2. The van der Waals surface area contributed by atoms with E-state index in [0.29, 0.717) is 19.1 Å². The average molecular weight is 222 g/mol. The van der Waals surface area contributed by atoms with Crippen molar-refractivity contribution in [1.29, 1.82) is 0 Å². The Balaban J connectivity index is 3.98. The van der Waals surface area contributed by atoms with Crippen LogP contribution in [-0.2, 0) is 9.84 Å². The Bertz CT molecular complexity index is 239. The summed E-state index contributed by atoms with van der Waals surface area (Å²) < 4.78 is 21.9. The summed E-state index contributed by atoms with van der Waals surface area (Å²) in [5, 5.41) is 0. The lowest BCUT2D eigenvalue weighted by atomic mass is 10.1. The molecule has 0 aromatic carbocycles. The number of rotatable bonds is 7. The van der Waals surface area contributed by atoms with Crippen molar-refractivity contribution < 1.29 is 8.42 Å². The van der Waals surface area contributed by atoms with Crippen molar-refractivity contribution >= 4 is 9.84 Å². The maximum Gasteiger partial charge on any atom is 0.148 e. The summed E-state index contributed by atoms with van der Waals surface area (Å²) in [6.07, 6.45) is 3.36. The molecule has 0 aromatic rings. The lowest BCUT2D eigenvalue weighted by molar-refractivity contribution is 0.246. The van der Waals surface area contributed by atoms with Crippen molar-refractivity contribution in [2.75, 3.05) is 32.1 Å². The molecule has 0 saturated carbocycles. The number of nitrogens with zero attached hydrogens (tertiary/aromatic N) is 1. The van der Waals surface area contributed by atoms with E-state index in [1.54, 1.807) is 0 Å². The van der Waals surface area contributed by atoms with Crippen LogP contribution in [0, 0.1) is 0 Å². The zero-order valence-corrected chi connectivity index (χ0v) is 10.2. The van der Waals surface area contributed by atoms with Gasteiger partial charge in [-0.2, -0.15) is 0 Å². The van der Waals surface area contributed by atoms with Crippen LogP contribution in [0.2, 0.25) is 0 Å². The van der Waals surface area contributed by atoms with Crippen LogP contribution in [0.5, 0.6) is 0 Å². The minimum Gasteiger partial charge on any atom is -0.329 e. The van der Waals surface area contributed by atoms with E-state index in [4.69, 9.17) is 5.73 Å². The first-order valence-corrected chi connectivity index (χ1v) is 7.04. The van der Waals surface area contributed by atoms with Gasteiger partial charge >= 0.3 is 0 Å². The molecule has 0 aliphatic rings. The molecule has 0 aliphatic heterocycles. The third-order valence-corrected chi connectivity index (χ3v) is 3.26. The van der Waals surface area contributed by atoms with E-state index in [1.807, 2.05) is 11.9 Å². The summed E-state index contributed by atoms with van der Waals surface area (Å²) in [6.45, 7) is 3.27. The standard InChI is InChI=1S/C9H22N2O2S/c1-4-5-9(8-10)11(2)6-7-14(3,12)13/h9H,4-8,10H2,1-3H3. The van der Waals surface area contributed by atoms with Crippen LogP contribution in [0.4, 0.5) is 0 Å². The van der Waals surface area contributed by atoms with Gasteiger partial charge in [0.05, 0.1) is 5.75 Å². The molecular weight excluding hydrogens is 200 g/mol. The molecule has 86 valence electrons. The normalized spacial score (nSPS) is 14.6. The van der Waals surface area contributed by atoms with Crippen LogP contribution in [-0.4, -0.2) is 51.5 Å². The average Bonchev–Trinajstić information content (AvgIpc) is 2.09. The van der Waals surface area contributed by atoms with E-state index in [9.17, 15) is 8.42 Å². The minimum absolute atomic E-state index is 0.212. The number of likely N-dealkylation sites (N-methyl/N-ethyl adjacent to an activating group) is 1. The number of nitrogens with two attached hydrogens (primary N) is 1. The highest BCUT2D eigenvalue weighted by molar-refractivity contribution is 7.90. The predicted octanol–water partition coefficient (Wildman–Crippen LogP) is 0.0902. The van der Waals surface area contributed by atoms with Gasteiger partial charge in [0.2, 0.25) is 0 Å². The van der Waals surface area contributed by atoms with E-state index < -0.39 is 9.84 Å². The van der Waals surface area contributed by atoms with Crippen molar-refractivity contribution in [3.8, 4) is 0 Å². The highest BCUT2D eigenvalue weighted by Crippen LogP contribution is 2.03. The zero-order chi connectivity index (χ0) is 11.2. The first kappa shape index (κ1) is 13.9. The molecule has 5 heteroatoms. The van der Waals surface area contributed by atoms with Gasteiger partial charge in [0.15, 0.2) is 0 Å². The fourth-order valence-corrected chi connectivity index (χ4v) is 1.96. The summed E-state index contributed by atoms with van der Waals surface area (Å²) in [5.74, 6) is 0.212. The Morgan fingerprint density at radius 1 is 1.43 bits per heavy atom. The second kappa shape index (κ2) is 6.37. The molecule has 4 nitrogen and oxygen atoms in total. The Morgan fingerprint density at radius 2 is 2.00 bits per heavy atom. The van der Waals surface area contributed by atoms with Crippen molar-refractivity contribution in [3.63, 3.8) is 0 Å². The fourth-order valence-electron chi connectivity index (χ4n) is 1.34. The number of hydrogen-bond donors (Lipinski definition) is 1. The SMILES string of the molecule is CCCC(CN)N(C)CCS(C)(=O)=O. The Labute approximate surface area is 87.4 Å². The Morgan fingerprint density at radius 3 is 2.36 bits per heavy atom. The highest BCUT2D eigenvalue weighted by Gasteiger charge is 2.13. The van der Waals surface area contributed by atoms with Crippen molar-refractivity contribution in [1.82, 2.24) is 4.90 Å². The molecule has 0 saturated heterocycles. The van der Waals surface area contributed by atoms with Gasteiger partial charge in [0, 0.05) is 25.4 Å². The maximum atomic E-state index is 10.9. The summed E-state index contributed by atoms with van der Waals surface area (Å²) in [6, 6.07) is 0.307. The molecule has 0 radical (unpaired) electrons. The van der Waals surface area contributed by atoms with E-state index in [0.717, 1.165) is 12.8 Å². The molecule has 2 N–H and O–H groups in total. The lowest BCUT2D eigenvalue weighted by Gasteiger charge is -2.26. The molecule has 0 amide bonds. The van der Waals surface area contributed by atoms with Gasteiger partial charge < -0.3 is 10.6 Å². The largest absolute Gasteiger partial charge is 0.329 e. The molecule has 0 spiro atoms. The van der Waals surface area contributed by atoms with E-state index >= 15 is 0 Å². The Hall–Kier alpha value is -0.130. The van der Waals surface area contributed by atoms with Crippen LogP contribution in [0.15, 0.2) is 0 Å². The van der Waals surface area contributed by atoms with E-state index in [1.165, 1.54) is 6.26 Å². The molecule has 1 unspecified atom stereocenters. The molecule has 0 bridgehead atoms. The van der Waals surface area contributed by atoms with Crippen molar-refractivity contribution in [3.05, 3.63) is 0 Å². The summed E-state index contributed by atoms with van der Waals surface area (Å²) in [7, 11) is -0.929. The summed E-state index contributed by atoms with van der Waals surface area (Å²) in [4.78, 5) is 2.03. The molecule has 14 heavy (non-hydrogen) atoms. The quantitative estimate of drug-likeness (QED) is 0.663. The van der Waals surface area contributed by atoms with Crippen molar-refractivity contribution in [2.24, 2.45) is 5.73 Å². The monoisotopic (exact) mass is 222 g/mol. The van der Waals surface area contributed by atoms with Gasteiger partial charge in [-0.3, -0.25) is 0 Å². The smallest absolute Gasteiger partial charge is 0.148 e.